The lowest BCUT2D eigenvalue weighted by atomic mass is 10.1. The van der Waals surface area contributed by atoms with Crippen molar-refractivity contribution in [2.24, 2.45) is 5.73 Å². The molecule has 0 aliphatic rings. The van der Waals surface area contributed by atoms with E-state index in [0.29, 0.717) is 22.8 Å². The summed E-state index contributed by atoms with van der Waals surface area (Å²) < 4.78 is 37.8. The van der Waals surface area contributed by atoms with Crippen LogP contribution in [0.4, 0.5) is 18.9 Å². The number of amides is 1. The Morgan fingerprint density at radius 1 is 1.07 bits per heavy atom. The number of aromatic nitrogens is 1. The fourth-order valence-electron chi connectivity index (χ4n) is 2.53. The van der Waals surface area contributed by atoms with E-state index < -0.39 is 17.6 Å². The molecule has 0 aliphatic carbocycles. The van der Waals surface area contributed by atoms with Gasteiger partial charge in [0, 0.05) is 29.6 Å². The van der Waals surface area contributed by atoms with Gasteiger partial charge >= 0.3 is 6.18 Å². The number of rotatable bonds is 4. The molecule has 0 unspecified atom stereocenters. The van der Waals surface area contributed by atoms with Gasteiger partial charge in [-0.2, -0.15) is 13.2 Å². The number of nitrogens with two attached hydrogens (primary N) is 1. The quantitative estimate of drug-likeness (QED) is 0.632. The number of halogens is 4. The number of alkyl halides is 3. The number of hydrogen-bond donors (Lipinski definition) is 2. The van der Waals surface area contributed by atoms with Crippen LogP contribution in [0.25, 0.3) is 11.3 Å². The molecule has 1 aromatic heterocycles. The highest BCUT2D eigenvalue weighted by Gasteiger charge is 2.30. The van der Waals surface area contributed by atoms with Crippen molar-refractivity contribution in [1.82, 2.24) is 4.98 Å². The zero-order valence-corrected chi connectivity index (χ0v) is 15.2. The highest BCUT2D eigenvalue weighted by atomic mass is 35.5. The number of carbonyl (C=O) groups excluding carboxylic acids is 1. The Hall–Kier alpha value is -2.90. The average Bonchev–Trinajstić information content (AvgIpc) is 2.67. The third kappa shape index (κ3) is 4.49. The van der Waals surface area contributed by atoms with E-state index in [4.69, 9.17) is 17.3 Å². The number of nitrogens with one attached hydrogen (secondary N) is 1. The van der Waals surface area contributed by atoms with E-state index in [0.717, 1.165) is 23.3 Å². The second-order valence-corrected chi connectivity index (χ2v) is 6.39. The van der Waals surface area contributed by atoms with Crippen LogP contribution < -0.4 is 11.1 Å². The first-order chi connectivity index (χ1) is 13.3. The van der Waals surface area contributed by atoms with Gasteiger partial charge in [0.2, 0.25) is 0 Å². The molecule has 3 aromatic rings. The number of benzene rings is 2. The summed E-state index contributed by atoms with van der Waals surface area (Å²) >= 11 is 6.22. The zero-order valence-electron chi connectivity index (χ0n) is 14.4. The van der Waals surface area contributed by atoms with E-state index in [1.807, 2.05) is 0 Å². The molecule has 0 fully saturated rings. The maximum absolute atomic E-state index is 12.6. The van der Waals surface area contributed by atoms with Gasteiger partial charge < -0.3 is 11.1 Å². The fraction of sp³-hybridized carbons (Fsp3) is 0.100. The minimum atomic E-state index is -4.42. The molecule has 1 amide bonds. The van der Waals surface area contributed by atoms with Crippen molar-refractivity contribution in [3.8, 4) is 11.3 Å². The molecular weight excluding hydrogens is 391 g/mol. The minimum absolute atomic E-state index is 0.268. The standard InChI is InChI=1S/C20H15ClF3N3O/c21-17-9-12(10-25)11-26-18(17)13-1-3-14(4-2-13)19(28)27-16-7-5-15(6-8-16)20(22,23)24/h1-9,11H,10,25H2,(H,27,28). The van der Waals surface area contributed by atoms with E-state index in [-0.39, 0.29) is 5.69 Å². The van der Waals surface area contributed by atoms with Gasteiger partial charge in [0.05, 0.1) is 16.3 Å². The largest absolute Gasteiger partial charge is 0.416 e. The van der Waals surface area contributed by atoms with E-state index >= 15 is 0 Å². The Labute approximate surface area is 164 Å². The Morgan fingerprint density at radius 3 is 2.25 bits per heavy atom. The van der Waals surface area contributed by atoms with Gasteiger partial charge in [-0.25, -0.2) is 0 Å². The first-order valence-corrected chi connectivity index (χ1v) is 8.59. The minimum Gasteiger partial charge on any atom is -0.326 e. The van der Waals surface area contributed by atoms with Crippen LogP contribution in [0.15, 0.2) is 60.8 Å². The number of carbonyl (C=O) groups is 1. The molecule has 0 saturated carbocycles. The highest BCUT2D eigenvalue weighted by molar-refractivity contribution is 6.33. The van der Waals surface area contributed by atoms with Crippen LogP contribution in [0.5, 0.6) is 0 Å². The normalized spacial score (nSPS) is 11.3. The van der Waals surface area contributed by atoms with Gasteiger partial charge in [-0.1, -0.05) is 23.7 Å². The Balaban J connectivity index is 1.73. The van der Waals surface area contributed by atoms with Gasteiger partial charge in [0.1, 0.15) is 0 Å². The molecule has 3 N–H and O–H groups in total. The average molecular weight is 406 g/mol. The summed E-state index contributed by atoms with van der Waals surface area (Å²) in [6.45, 7) is 0.329. The van der Waals surface area contributed by atoms with E-state index in [2.05, 4.69) is 10.3 Å². The molecule has 0 saturated heterocycles. The summed E-state index contributed by atoms with van der Waals surface area (Å²) in [4.78, 5) is 16.6. The van der Waals surface area contributed by atoms with E-state index in [9.17, 15) is 18.0 Å². The zero-order chi connectivity index (χ0) is 20.3. The van der Waals surface area contributed by atoms with Gasteiger partial charge in [0.15, 0.2) is 0 Å². The molecule has 8 heteroatoms. The van der Waals surface area contributed by atoms with Crippen LogP contribution in [0, 0.1) is 0 Å². The van der Waals surface area contributed by atoms with Gasteiger partial charge in [-0.15, -0.1) is 0 Å². The Bertz CT molecular complexity index is 987. The number of anilines is 1. The number of hydrogen-bond acceptors (Lipinski definition) is 3. The monoisotopic (exact) mass is 405 g/mol. The van der Waals surface area contributed by atoms with Gasteiger partial charge in [-0.05, 0) is 48.0 Å². The molecule has 0 aliphatic heterocycles. The second kappa shape index (κ2) is 8.00. The maximum Gasteiger partial charge on any atom is 0.416 e. The van der Waals surface area contributed by atoms with Crippen LogP contribution in [-0.2, 0) is 12.7 Å². The Kier molecular flexibility index (Phi) is 5.67. The summed E-state index contributed by atoms with van der Waals surface area (Å²) in [5, 5.41) is 3.01. The van der Waals surface area contributed by atoms with Crippen LogP contribution in [0.1, 0.15) is 21.5 Å². The summed E-state index contributed by atoms with van der Waals surface area (Å²) in [7, 11) is 0. The second-order valence-electron chi connectivity index (χ2n) is 5.98. The van der Waals surface area contributed by atoms with Crippen molar-refractivity contribution < 1.29 is 18.0 Å². The number of nitrogens with zero attached hydrogens (tertiary/aromatic N) is 1. The van der Waals surface area contributed by atoms with Crippen molar-refractivity contribution in [3.63, 3.8) is 0 Å². The van der Waals surface area contributed by atoms with Gasteiger partial charge in [0.25, 0.3) is 5.91 Å². The number of pyridine rings is 1. The summed E-state index contributed by atoms with van der Waals surface area (Å²) in [5.41, 5.74) is 7.48. The van der Waals surface area contributed by atoms with Crippen molar-refractivity contribution in [2.75, 3.05) is 5.32 Å². The van der Waals surface area contributed by atoms with Crippen LogP contribution >= 0.6 is 11.6 Å². The van der Waals surface area contributed by atoms with Gasteiger partial charge in [-0.3, -0.25) is 9.78 Å². The summed E-state index contributed by atoms with van der Waals surface area (Å²) in [6.07, 6.45) is -2.79. The molecule has 0 radical (unpaired) electrons. The molecule has 0 bridgehead atoms. The molecule has 144 valence electrons. The van der Waals surface area contributed by atoms with Crippen LogP contribution in [0.2, 0.25) is 5.02 Å². The van der Waals surface area contributed by atoms with Crippen molar-refractivity contribution in [2.45, 2.75) is 12.7 Å². The highest BCUT2D eigenvalue weighted by Crippen LogP contribution is 2.30. The molecule has 1 heterocycles. The topological polar surface area (TPSA) is 68.0 Å². The Morgan fingerprint density at radius 2 is 1.71 bits per heavy atom. The molecule has 2 aromatic carbocycles. The molecule has 28 heavy (non-hydrogen) atoms. The lowest BCUT2D eigenvalue weighted by Gasteiger charge is -2.09. The van der Waals surface area contributed by atoms with Crippen LogP contribution in [-0.4, -0.2) is 10.9 Å². The third-order valence-electron chi connectivity index (χ3n) is 4.02. The lowest BCUT2D eigenvalue weighted by Crippen LogP contribution is -2.12. The molecule has 3 rings (SSSR count). The SMILES string of the molecule is NCc1cnc(-c2ccc(C(=O)Nc3ccc(C(F)(F)F)cc3)cc2)c(Cl)c1. The maximum atomic E-state index is 12.6. The first-order valence-electron chi connectivity index (χ1n) is 8.21. The van der Waals surface area contributed by atoms with Crippen molar-refractivity contribution >= 4 is 23.2 Å². The van der Waals surface area contributed by atoms with Crippen LogP contribution in [0.3, 0.4) is 0 Å². The predicted molar refractivity (Wildman–Crippen MR) is 102 cm³/mol. The summed E-state index contributed by atoms with van der Waals surface area (Å²) in [6, 6.07) is 12.5. The fourth-order valence-corrected chi connectivity index (χ4v) is 2.82. The van der Waals surface area contributed by atoms with E-state index in [1.54, 1.807) is 36.5 Å². The third-order valence-corrected chi connectivity index (χ3v) is 4.31. The smallest absolute Gasteiger partial charge is 0.326 e. The molecule has 4 nitrogen and oxygen atoms in total. The molecule has 0 atom stereocenters. The lowest BCUT2D eigenvalue weighted by molar-refractivity contribution is -0.137. The van der Waals surface area contributed by atoms with Crippen molar-refractivity contribution in [1.29, 1.82) is 0 Å². The predicted octanol–water partition coefficient (Wildman–Crippen LogP) is 5.13. The van der Waals surface area contributed by atoms with E-state index in [1.165, 1.54) is 12.1 Å². The molecular formula is C20H15ClF3N3O. The molecule has 0 spiro atoms. The van der Waals surface area contributed by atoms with Crippen molar-refractivity contribution in [3.05, 3.63) is 82.5 Å². The first kappa shape index (κ1) is 19.9. The summed E-state index contributed by atoms with van der Waals surface area (Å²) in [5.74, 6) is -0.441.